The van der Waals surface area contributed by atoms with Crippen molar-refractivity contribution in [3.63, 3.8) is 0 Å². The van der Waals surface area contributed by atoms with Crippen LogP contribution in [0, 0.1) is 18.3 Å². The first kappa shape index (κ1) is 35.3. The van der Waals surface area contributed by atoms with E-state index in [-0.39, 0.29) is 5.41 Å². The maximum Gasteiger partial charge on any atom is 0.0464 e. The zero-order valence-corrected chi connectivity index (χ0v) is 32.8. The summed E-state index contributed by atoms with van der Waals surface area (Å²) < 4.78 is 0. The Kier molecular flexibility index (Phi) is 8.77. The molecule has 0 N–H and O–H groups in total. The minimum Gasteiger partial charge on any atom is -0.310 e. The Labute approximate surface area is 342 Å². The van der Waals surface area contributed by atoms with Crippen LogP contribution < -0.4 is 4.90 Å². The van der Waals surface area contributed by atoms with Crippen LogP contribution in [0.2, 0.25) is 0 Å². The molecule has 0 spiro atoms. The highest BCUT2D eigenvalue weighted by Crippen LogP contribution is 2.55. The van der Waals surface area contributed by atoms with E-state index in [1.807, 2.05) is 12.1 Å². The first-order chi connectivity index (χ1) is 28.4. The fraction of sp³-hybridized carbons (Fsp3) is 0.0877. The Morgan fingerprint density at radius 3 is 1.59 bits per heavy atom. The predicted octanol–water partition coefficient (Wildman–Crippen LogP) is 14.9. The number of fused-ring (bicyclic) bond motifs is 4. The summed E-state index contributed by atoms with van der Waals surface area (Å²) in [5.41, 5.74) is 16.8. The number of anilines is 3. The van der Waals surface area contributed by atoms with E-state index in [1.54, 1.807) is 0 Å². The molecule has 8 aromatic rings. The quantitative estimate of drug-likeness (QED) is 0.147. The molecule has 2 aliphatic rings. The monoisotopic (exact) mass is 741 g/mol. The second-order valence-electron chi connectivity index (χ2n) is 16.2. The molecule has 8 aromatic carbocycles. The molecule has 0 amide bonds. The van der Waals surface area contributed by atoms with Gasteiger partial charge in [0.2, 0.25) is 0 Å². The summed E-state index contributed by atoms with van der Waals surface area (Å²) >= 11 is 0. The van der Waals surface area contributed by atoms with Crippen molar-refractivity contribution < 1.29 is 0 Å². The van der Waals surface area contributed by atoms with Crippen LogP contribution in [0.4, 0.5) is 17.1 Å². The maximum atomic E-state index is 5.58. The highest BCUT2D eigenvalue weighted by molar-refractivity contribution is 5.89. The van der Waals surface area contributed by atoms with Crippen LogP contribution in [0.15, 0.2) is 206 Å². The first-order valence-electron chi connectivity index (χ1n) is 20.2. The molecule has 2 atom stereocenters. The largest absolute Gasteiger partial charge is 0.310 e. The lowest BCUT2D eigenvalue weighted by Crippen LogP contribution is -2.25. The van der Waals surface area contributed by atoms with Crippen molar-refractivity contribution in [3.8, 4) is 45.7 Å². The van der Waals surface area contributed by atoms with Crippen LogP contribution in [-0.4, -0.2) is 0 Å². The van der Waals surface area contributed by atoms with Crippen molar-refractivity contribution in [1.82, 2.24) is 0 Å². The third-order valence-electron chi connectivity index (χ3n) is 12.5. The summed E-state index contributed by atoms with van der Waals surface area (Å²) in [5.74, 6) is 3.41. The molecule has 58 heavy (non-hydrogen) atoms. The molecule has 2 aliphatic carbocycles. The Bertz CT molecular complexity index is 2890. The normalized spacial score (nSPS) is 16.3. The molecular formula is C57H43N. The summed E-state index contributed by atoms with van der Waals surface area (Å²) in [6.07, 6.45) is 12.9. The molecule has 0 saturated heterocycles. The fourth-order valence-corrected chi connectivity index (χ4v) is 9.20. The lowest BCUT2D eigenvalue weighted by molar-refractivity contribution is 0.395. The van der Waals surface area contributed by atoms with Gasteiger partial charge in [-0.05, 0) is 132 Å². The zero-order valence-electron chi connectivity index (χ0n) is 32.8. The second-order valence-corrected chi connectivity index (χ2v) is 16.2. The standard InChI is InChI=1S/C57H43N/c1-4-39-14-16-42(17-15-39)43-18-20-44(21-19-43)46-26-31-51(32-27-46)58(50-29-24-45(25-30-50)40-10-6-5-7-11-40)52-33-35-54-53-34-28-49(37-55(53)57(2,3)56(54)38-52)48-23-22-41-12-8-9-13-47(41)36-48/h1,5-38,53,55H,2-3H3. The SMILES string of the molecule is C#Cc1ccc(-c2ccc(-c3ccc(N(c4ccc(-c5ccccc5)cc4)c4ccc5c(c4)C(C)(C)C4C=C(c6ccc7ccccc7c6)C=CC54)cc3)cc2)cc1. The molecule has 276 valence electrons. The third-order valence-corrected chi connectivity index (χ3v) is 12.5. The molecule has 10 rings (SSSR count). The van der Waals surface area contributed by atoms with Crippen molar-refractivity contribution in [3.05, 3.63) is 229 Å². The van der Waals surface area contributed by atoms with Gasteiger partial charge >= 0.3 is 0 Å². The second kappa shape index (κ2) is 14.4. The van der Waals surface area contributed by atoms with E-state index >= 15 is 0 Å². The number of nitrogens with zero attached hydrogens (tertiary/aromatic N) is 1. The molecule has 0 heterocycles. The number of hydrogen-bond acceptors (Lipinski definition) is 1. The maximum absolute atomic E-state index is 5.58. The van der Waals surface area contributed by atoms with Gasteiger partial charge in [0.25, 0.3) is 0 Å². The topological polar surface area (TPSA) is 3.24 Å². The summed E-state index contributed by atoms with van der Waals surface area (Å²) in [5, 5.41) is 2.55. The molecule has 0 fully saturated rings. The third kappa shape index (κ3) is 6.34. The molecule has 2 unspecified atom stereocenters. The fourth-order valence-electron chi connectivity index (χ4n) is 9.20. The van der Waals surface area contributed by atoms with Crippen molar-refractivity contribution >= 4 is 33.4 Å². The Morgan fingerprint density at radius 2 is 0.983 bits per heavy atom. The van der Waals surface area contributed by atoms with E-state index in [4.69, 9.17) is 6.42 Å². The van der Waals surface area contributed by atoms with E-state index in [2.05, 4.69) is 219 Å². The number of allylic oxidation sites excluding steroid dienone is 4. The zero-order chi connectivity index (χ0) is 39.2. The number of benzene rings is 8. The molecule has 1 heteroatoms. The number of hydrogen-bond donors (Lipinski definition) is 0. The lowest BCUT2D eigenvalue weighted by atomic mass is 9.73. The molecule has 0 aliphatic heterocycles. The molecule has 1 nitrogen and oxygen atoms in total. The minimum absolute atomic E-state index is 0.0644. The highest BCUT2D eigenvalue weighted by atomic mass is 15.1. The van der Waals surface area contributed by atoms with Gasteiger partial charge in [0.05, 0.1) is 0 Å². The average molecular weight is 742 g/mol. The van der Waals surface area contributed by atoms with Crippen LogP contribution >= 0.6 is 0 Å². The Morgan fingerprint density at radius 1 is 0.483 bits per heavy atom. The van der Waals surface area contributed by atoms with Crippen LogP contribution in [0.25, 0.3) is 49.7 Å². The van der Waals surface area contributed by atoms with Gasteiger partial charge < -0.3 is 4.90 Å². The molecule has 0 aromatic heterocycles. The Hall–Kier alpha value is -7.14. The van der Waals surface area contributed by atoms with Gasteiger partial charge in [-0.2, -0.15) is 0 Å². The summed E-state index contributed by atoms with van der Waals surface area (Å²) in [6.45, 7) is 4.86. The van der Waals surface area contributed by atoms with Crippen molar-refractivity contribution in [2.45, 2.75) is 25.2 Å². The lowest BCUT2D eigenvalue weighted by Gasteiger charge is -2.31. The van der Waals surface area contributed by atoms with Crippen molar-refractivity contribution in [2.24, 2.45) is 5.92 Å². The van der Waals surface area contributed by atoms with Crippen molar-refractivity contribution in [1.29, 1.82) is 0 Å². The van der Waals surface area contributed by atoms with Crippen LogP contribution in [0.1, 0.15) is 42.0 Å². The van der Waals surface area contributed by atoms with E-state index < -0.39 is 0 Å². The highest BCUT2D eigenvalue weighted by Gasteiger charge is 2.45. The van der Waals surface area contributed by atoms with E-state index in [0.29, 0.717) is 11.8 Å². The van der Waals surface area contributed by atoms with Gasteiger partial charge in [-0.1, -0.05) is 171 Å². The number of terminal acetylenes is 1. The smallest absolute Gasteiger partial charge is 0.0464 e. The van der Waals surface area contributed by atoms with Gasteiger partial charge in [-0.15, -0.1) is 6.42 Å². The minimum atomic E-state index is -0.0644. The molecule has 0 bridgehead atoms. The first-order valence-corrected chi connectivity index (χ1v) is 20.2. The van der Waals surface area contributed by atoms with Crippen LogP contribution in [0.5, 0.6) is 0 Å². The van der Waals surface area contributed by atoms with E-state index in [0.717, 1.165) is 28.2 Å². The Balaban J connectivity index is 0.995. The average Bonchev–Trinajstić information content (AvgIpc) is 3.51. The van der Waals surface area contributed by atoms with Crippen LogP contribution in [0.3, 0.4) is 0 Å². The summed E-state index contributed by atoms with van der Waals surface area (Å²) in [4.78, 5) is 2.41. The van der Waals surface area contributed by atoms with Crippen molar-refractivity contribution in [2.75, 3.05) is 4.90 Å². The number of rotatable bonds is 7. The summed E-state index contributed by atoms with van der Waals surface area (Å²) in [7, 11) is 0. The van der Waals surface area contributed by atoms with Gasteiger partial charge in [0, 0.05) is 28.5 Å². The van der Waals surface area contributed by atoms with Gasteiger partial charge in [0.15, 0.2) is 0 Å². The molecule has 0 saturated carbocycles. The van der Waals surface area contributed by atoms with E-state index in [9.17, 15) is 0 Å². The molecular weight excluding hydrogens is 699 g/mol. The van der Waals surface area contributed by atoms with Crippen LogP contribution in [-0.2, 0) is 5.41 Å². The predicted molar refractivity (Wildman–Crippen MR) is 246 cm³/mol. The van der Waals surface area contributed by atoms with Gasteiger partial charge in [-0.25, -0.2) is 0 Å². The summed E-state index contributed by atoms with van der Waals surface area (Å²) in [6, 6.07) is 68.2. The molecule has 0 radical (unpaired) electrons. The van der Waals surface area contributed by atoms with Gasteiger partial charge in [0.1, 0.15) is 0 Å². The van der Waals surface area contributed by atoms with Gasteiger partial charge in [-0.3, -0.25) is 0 Å². The van der Waals surface area contributed by atoms with E-state index in [1.165, 1.54) is 60.9 Å².